The molecule has 0 aliphatic rings. The van der Waals surface area contributed by atoms with E-state index in [0.29, 0.717) is 5.02 Å². The van der Waals surface area contributed by atoms with Crippen molar-refractivity contribution in [2.75, 3.05) is 0 Å². The first-order valence-electron chi connectivity index (χ1n) is 4.52. The van der Waals surface area contributed by atoms with E-state index in [2.05, 4.69) is 26.3 Å². The van der Waals surface area contributed by atoms with Crippen LogP contribution in [0.5, 0.6) is 0 Å². The fourth-order valence-corrected chi connectivity index (χ4v) is 3.06. The van der Waals surface area contributed by atoms with Gasteiger partial charge >= 0.3 is 0 Å². The predicted octanol–water partition coefficient (Wildman–Crippen LogP) is 3.11. The lowest BCUT2D eigenvalue weighted by molar-refractivity contribution is 0.644. The maximum absolute atomic E-state index is 6.09. The Balaban J connectivity index is 2.40. The molecule has 0 amide bonds. The first-order chi connectivity index (χ1) is 7.72. The van der Waals surface area contributed by atoms with Crippen molar-refractivity contribution in [2.24, 2.45) is 5.84 Å². The molecule has 2 rings (SSSR count). The summed E-state index contributed by atoms with van der Waals surface area (Å²) in [6, 6.07) is 3.70. The molecule has 2 heterocycles. The van der Waals surface area contributed by atoms with Crippen LogP contribution in [0, 0.1) is 0 Å². The Morgan fingerprint density at radius 3 is 2.88 bits per heavy atom. The second kappa shape index (κ2) is 5.25. The lowest BCUT2D eigenvalue weighted by Crippen LogP contribution is -2.28. The summed E-state index contributed by atoms with van der Waals surface area (Å²) in [6.07, 6.45) is 3.50. The Morgan fingerprint density at radius 2 is 2.31 bits per heavy atom. The summed E-state index contributed by atoms with van der Waals surface area (Å²) in [4.78, 5) is 5.10. The van der Waals surface area contributed by atoms with E-state index in [9.17, 15) is 0 Å². The molecule has 2 aromatic heterocycles. The highest BCUT2D eigenvalue weighted by Gasteiger charge is 2.17. The van der Waals surface area contributed by atoms with Crippen LogP contribution in [0.2, 0.25) is 5.02 Å². The van der Waals surface area contributed by atoms with Crippen LogP contribution in [0.3, 0.4) is 0 Å². The number of thiophene rings is 1. The number of nitrogens with two attached hydrogens (primary N) is 1. The number of hydrogen-bond donors (Lipinski definition) is 2. The minimum Gasteiger partial charge on any atom is -0.271 e. The molecular formula is C10H9BrClN3S. The SMILES string of the molecule is NNC(c1cncc(Br)c1)c1sccc1Cl. The van der Waals surface area contributed by atoms with Gasteiger partial charge in [0, 0.05) is 21.7 Å². The fourth-order valence-electron chi connectivity index (χ4n) is 1.42. The van der Waals surface area contributed by atoms with E-state index in [0.717, 1.165) is 14.9 Å². The van der Waals surface area contributed by atoms with Gasteiger partial charge in [-0.2, -0.15) is 0 Å². The molecule has 3 N–H and O–H groups in total. The van der Waals surface area contributed by atoms with Gasteiger partial charge in [0.1, 0.15) is 0 Å². The third-order valence-electron chi connectivity index (χ3n) is 2.13. The second-order valence-corrected chi connectivity index (χ2v) is 5.44. The predicted molar refractivity (Wildman–Crippen MR) is 70.4 cm³/mol. The monoisotopic (exact) mass is 317 g/mol. The van der Waals surface area contributed by atoms with Gasteiger partial charge in [0.25, 0.3) is 0 Å². The van der Waals surface area contributed by atoms with Crippen molar-refractivity contribution >= 4 is 38.9 Å². The molecule has 1 unspecified atom stereocenters. The zero-order valence-electron chi connectivity index (χ0n) is 8.15. The van der Waals surface area contributed by atoms with Crippen LogP contribution < -0.4 is 11.3 Å². The van der Waals surface area contributed by atoms with Gasteiger partial charge in [-0.3, -0.25) is 10.8 Å². The maximum atomic E-state index is 6.09. The maximum Gasteiger partial charge on any atom is 0.0832 e. The number of rotatable bonds is 3. The average molecular weight is 319 g/mol. The quantitative estimate of drug-likeness (QED) is 0.675. The molecular weight excluding hydrogens is 310 g/mol. The van der Waals surface area contributed by atoms with Crippen molar-refractivity contribution in [1.82, 2.24) is 10.4 Å². The number of aromatic nitrogens is 1. The number of nitrogens with one attached hydrogen (secondary N) is 1. The average Bonchev–Trinajstić information content (AvgIpc) is 2.67. The number of pyridine rings is 1. The molecule has 2 aromatic rings. The largest absolute Gasteiger partial charge is 0.271 e. The molecule has 1 atom stereocenters. The van der Waals surface area contributed by atoms with Crippen LogP contribution in [0.4, 0.5) is 0 Å². The summed E-state index contributed by atoms with van der Waals surface area (Å²) in [7, 11) is 0. The van der Waals surface area contributed by atoms with E-state index in [1.165, 1.54) is 0 Å². The highest BCUT2D eigenvalue weighted by Crippen LogP contribution is 2.32. The lowest BCUT2D eigenvalue weighted by atomic mass is 10.1. The van der Waals surface area contributed by atoms with E-state index in [1.54, 1.807) is 23.7 Å². The van der Waals surface area contributed by atoms with Crippen molar-refractivity contribution in [3.8, 4) is 0 Å². The molecule has 16 heavy (non-hydrogen) atoms. The summed E-state index contributed by atoms with van der Waals surface area (Å²) >= 11 is 11.0. The number of hydrogen-bond acceptors (Lipinski definition) is 4. The summed E-state index contributed by atoms with van der Waals surface area (Å²) in [5.41, 5.74) is 3.73. The molecule has 0 spiro atoms. The normalized spacial score (nSPS) is 12.7. The van der Waals surface area contributed by atoms with Gasteiger partial charge in [-0.25, -0.2) is 5.43 Å². The standard InChI is InChI=1S/C10H9BrClN3S/c11-7-3-6(4-14-5-7)9(15-13)10-8(12)1-2-16-10/h1-5,9,15H,13H2. The van der Waals surface area contributed by atoms with E-state index >= 15 is 0 Å². The molecule has 0 saturated heterocycles. The summed E-state index contributed by atoms with van der Waals surface area (Å²) in [5, 5.41) is 2.65. The summed E-state index contributed by atoms with van der Waals surface area (Å²) in [5.74, 6) is 5.57. The number of nitrogens with zero attached hydrogens (tertiary/aromatic N) is 1. The van der Waals surface area contributed by atoms with Crippen molar-refractivity contribution in [1.29, 1.82) is 0 Å². The van der Waals surface area contributed by atoms with Gasteiger partial charge in [0.05, 0.1) is 11.1 Å². The van der Waals surface area contributed by atoms with Gasteiger partial charge < -0.3 is 0 Å². The topological polar surface area (TPSA) is 50.9 Å². The molecule has 3 nitrogen and oxygen atoms in total. The minimum atomic E-state index is -0.127. The summed E-state index contributed by atoms with van der Waals surface area (Å²) in [6.45, 7) is 0. The molecule has 84 valence electrons. The fraction of sp³-hybridized carbons (Fsp3) is 0.100. The second-order valence-electron chi connectivity index (χ2n) is 3.17. The molecule has 0 bridgehead atoms. The van der Waals surface area contributed by atoms with Crippen molar-refractivity contribution < 1.29 is 0 Å². The zero-order valence-corrected chi connectivity index (χ0v) is 11.3. The molecule has 0 saturated carbocycles. The third kappa shape index (κ3) is 2.44. The Bertz CT molecular complexity index is 488. The van der Waals surface area contributed by atoms with Crippen LogP contribution in [0.25, 0.3) is 0 Å². The molecule has 0 aliphatic carbocycles. The molecule has 6 heteroatoms. The highest BCUT2D eigenvalue weighted by atomic mass is 79.9. The van der Waals surface area contributed by atoms with Crippen LogP contribution in [0.15, 0.2) is 34.4 Å². The Kier molecular flexibility index (Phi) is 3.94. The van der Waals surface area contributed by atoms with Crippen molar-refractivity contribution in [3.05, 3.63) is 49.8 Å². The first-order valence-corrected chi connectivity index (χ1v) is 6.57. The number of halogens is 2. The summed E-state index contributed by atoms with van der Waals surface area (Å²) < 4.78 is 0.915. The van der Waals surface area contributed by atoms with Gasteiger partial charge in [-0.15, -0.1) is 11.3 Å². The van der Waals surface area contributed by atoms with Crippen LogP contribution >= 0.6 is 38.9 Å². The van der Waals surface area contributed by atoms with Gasteiger partial charge in [0.2, 0.25) is 0 Å². The zero-order chi connectivity index (χ0) is 11.5. The van der Waals surface area contributed by atoms with E-state index < -0.39 is 0 Å². The van der Waals surface area contributed by atoms with Gasteiger partial charge in [-0.05, 0) is 39.0 Å². The Hall–Kier alpha value is -0.460. The van der Waals surface area contributed by atoms with E-state index in [4.69, 9.17) is 17.4 Å². The van der Waals surface area contributed by atoms with E-state index in [-0.39, 0.29) is 6.04 Å². The highest BCUT2D eigenvalue weighted by molar-refractivity contribution is 9.10. The van der Waals surface area contributed by atoms with Crippen LogP contribution in [-0.2, 0) is 0 Å². The van der Waals surface area contributed by atoms with Crippen molar-refractivity contribution in [2.45, 2.75) is 6.04 Å². The van der Waals surface area contributed by atoms with Crippen molar-refractivity contribution in [3.63, 3.8) is 0 Å². The lowest BCUT2D eigenvalue weighted by Gasteiger charge is -2.15. The molecule has 0 aromatic carbocycles. The molecule has 0 radical (unpaired) electrons. The van der Waals surface area contributed by atoms with E-state index in [1.807, 2.05) is 17.5 Å². The van der Waals surface area contributed by atoms with Gasteiger partial charge in [0.15, 0.2) is 0 Å². The van der Waals surface area contributed by atoms with Crippen LogP contribution in [0.1, 0.15) is 16.5 Å². The molecule has 0 fully saturated rings. The third-order valence-corrected chi connectivity index (χ3v) is 3.99. The smallest absolute Gasteiger partial charge is 0.0832 e. The Morgan fingerprint density at radius 1 is 1.50 bits per heavy atom. The Labute approximate surface area is 111 Å². The van der Waals surface area contributed by atoms with Crippen LogP contribution in [-0.4, -0.2) is 4.98 Å². The minimum absolute atomic E-state index is 0.127. The molecule has 0 aliphatic heterocycles. The van der Waals surface area contributed by atoms with Gasteiger partial charge in [-0.1, -0.05) is 11.6 Å². The number of hydrazine groups is 1. The first kappa shape index (κ1) is 12.0.